The highest BCUT2D eigenvalue weighted by Crippen LogP contribution is 2.32. The maximum absolute atomic E-state index is 12.7. The molecule has 1 saturated carbocycles. The van der Waals surface area contributed by atoms with E-state index in [0.29, 0.717) is 24.8 Å². The van der Waals surface area contributed by atoms with Crippen molar-refractivity contribution in [2.75, 3.05) is 45.0 Å². The molecule has 1 aliphatic carbocycles. The van der Waals surface area contributed by atoms with Crippen molar-refractivity contribution in [3.05, 3.63) is 0 Å². The van der Waals surface area contributed by atoms with Crippen LogP contribution in [-0.4, -0.2) is 67.7 Å². The average molecular weight is 392 g/mol. The van der Waals surface area contributed by atoms with Crippen LogP contribution in [0.4, 0.5) is 0 Å². The number of amides is 2. The lowest BCUT2D eigenvalue weighted by Crippen LogP contribution is -2.53. The third-order valence-corrected chi connectivity index (χ3v) is 6.69. The van der Waals surface area contributed by atoms with Gasteiger partial charge in [-0.25, -0.2) is 0 Å². The van der Waals surface area contributed by atoms with Crippen LogP contribution in [-0.2, 0) is 14.3 Å². The third-order valence-electron chi connectivity index (χ3n) is 5.67. The largest absolute Gasteiger partial charge is 0.384 e. The number of piperidine rings is 1. The van der Waals surface area contributed by atoms with E-state index in [4.69, 9.17) is 4.74 Å². The predicted molar refractivity (Wildman–Crippen MR) is 102 cm³/mol. The molecule has 6 nitrogen and oxygen atoms in total. The SMILES string of the molecule is COCC1(CNC(=O)C2CSCN2C(=O)C2CCC2)CCNCC1.Cl. The van der Waals surface area contributed by atoms with Gasteiger partial charge in [-0.05, 0) is 38.8 Å². The number of halogens is 1. The van der Waals surface area contributed by atoms with Crippen LogP contribution in [0.2, 0.25) is 0 Å². The Morgan fingerprint density at radius 3 is 2.64 bits per heavy atom. The number of ether oxygens (including phenoxy) is 1. The fourth-order valence-electron chi connectivity index (χ4n) is 3.79. The minimum Gasteiger partial charge on any atom is -0.384 e. The molecular formula is C17H30ClN3O3S. The van der Waals surface area contributed by atoms with E-state index in [2.05, 4.69) is 10.6 Å². The number of nitrogens with zero attached hydrogens (tertiary/aromatic N) is 1. The van der Waals surface area contributed by atoms with Crippen LogP contribution in [0.1, 0.15) is 32.1 Å². The highest BCUT2D eigenvalue weighted by Gasteiger charge is 2.40. The first-order valence-corrected chi connectivity index (χ1v) is 10.2. The minimum atomic E-state index is -0.301. The molecule has 2 N–H and O–H groups in total. The monoisotopic (exact) mass is 391 g/mol. The summed E-state index contributed by atoms with van der Waals surface area (Å²) in [5.41, 5.74) is 0.0181. The van der Waals surface area contributed by atoms with E-state index < -0.39 is 0 Å². The number of rotatable bonds is 6. The second-order valence-electron chi connectivity index (χ2n) is 7.35. The summed E-state index contributed by atoms with van der Waals surface area (Å²) in [6.07, 6.45) is 5.12. The van der Waals surface area contributed by atoms with Crippen molar-refractivity contribution in [1.29, 1.82) is 0 Å². The fourth-order valence-corrected chi connectivity index (χ4v) is 4.96. The van der Waals surface area contributed by atoms with E-state index in [9.17, 15) is 9.59 Å². The van der Waals surface area contributed by atoms with Crippen LogP contribution >= 0.6 is 24.2 Å². The molecule has 144 valence electrons. The minimum absolute atomic E-state index is 0. The van der Waals surface area contributed by atoms with E-state index in [0.717, 1.165) is 45.2 Å². The Bertz CT molecular complexity index is 465. The summed E-state index contributed by atoms with van der Waals surface area (Å²) in [6, 6.07) is -0.301. The maximum atomic E-state index is 12.7. The zero-order valence-corrected chi connectivity index (χ0v) is 16.6. The average Bonchev–Trinajstić information content (AvgIpc) is 3.02. The molecule has 3 aliphatic rings. The molecule has 0 aromatic rings. The topological polar surface area (TPSA) is 70.7 Å². The number of hydrogen-bond donors (Lipinski definition) is 2. The van der Waals surface area contributed by atoms with Gasteiger partial charge in [-0.15, -0.1) is 24.2 Å². The standard InChI is InChI=1S/C17H29N3O3S.ClH/c1-23-11-17(5-7-18-8-6-17)10-19-15(21)14-9-24-12-20(14)16(22)13-3-2-4-13;/h13-14,18H,2-12H2,1H3,(H,19,21);1H. The smallest absolute Gasteiger partial charge is 0.243 e. The van der Waals surface area contributed by atoms with Crippen LogP contribution < -0.4 is 10.6 Å². The molecule has 2 amide bonds. The van der Waals surface area contributed by atoms with Crippen molar-refractivity contribution in [3.8, 4) is 0 Å². The van der Waals surface area contributed by atoms with Crippen LogP contribution in [0.5, 0.6) is 0 Å². The van der Waals surface area contributed by atoms with Crippen molar-refractivity contribution < 1.29 is 14.3 Å². The van der Waals surface area contributed by atoms with Crippen molar-refractivity contribution in [3.63, 3.8) is 0 Å². The quantitative estimate of drug-likeness (QED) is 0.712. The molecule has 3 fully saturated rings. The van der Waals surface area contributed by atoms with E-state index in [1.807, 2.05) is 0 Å². The first kappa shape index (κ1) is 20.8. The van der Waals surface area contributed by atoms with Crippen LogP contribution in [0.3, 0.4) is 0 Å². The van der Waals surface area contributed by atoms with E-state index >= 15 is 0 Å². The highest BCUT2D eigenvalue weighted by molar-refractivity contribution is 7.99. The molecule has 0 bridgehead atoms. The van der Waals surface area contributed by atoms with Gasteiger partial charge in [0.15, 0.2) is 0 Å². The number of methoxy groups -OCH3 is 1. The van der Waals surface area contributed by atoms with Gasteiger partial charge in [0, 0.05) is 30.7 Å². The zero-order chi connectivity index (χ0) is 17.0. The van der Waals surface area contributed by atoms with Gasteiger partial charge < -0.3 is 20.3 Å². The molecule has 25 heavy (non-hydrogen) atoms. The number of carbonyl (C=O) groups is 2. The molecular weight excluding hydrogens is 362 g/mol. The van der Waals surface area contributed by atoms with Crippen molar-refractivity contribution in [1.82, 2.24) is 15.5 Å². The molecule has 8 heteroatoms. The third kappa shape index (κ3) is 4.81. The van der Waals surface area contributed by atoms with E-state index in [-0.39, 0.29) is 41.6 Å². The van der Waals surface area contributed by atoms with Crippen LogP contribution in [0, 0.1) is 11.3 Å². The van der Waals surface area contributed by atoms with Gasteiger partial charge in [-0.2, -0.15) is 0 Å². The summed E-state index contributed by atoms with van der Waals surface area (Å²) in [4.78, 5) is 27.0. The molecule has 2 heterocycles. The Morgan fingerprint density at radius 1 is 1.32 bits per heavy atom. The van der Waals surface area contributed by atoms with E-state index in [1.165, 1.54) is 0 Å². The Balaban J connectivity index is 0.00000225. The highest BCUT2D eigenvalue weighted by atomic mass is 35.5. The Labute approximate surface area is 160 Å². The van der Waals surface area contributed by atoms with Gasteiger partial charge in [0.1, 0.15) is 6.04 Å². The Morgan fingerprint density at radius 2 is 2.04 bits per heavy atom. The summed E-state index contributed by atoms with van der Waals surface area (Å²) in [6.45, 7) is 3.22. The first-order valence-electron chi connectivity index (χ1n) is 9.01. The number of hydrogen-bond acceptors (Lipinski definition) is 5. The lowest BCUT2D eigenvalue weighted by molar-refractivity contribution is -0.143. The van der Waals surface area contributed by atoms with E-state index in [1.54, 1.807) is 23.8 Å². The summed E-state index contributed by atoms with van der Waals surface area (Å²) in [5, 5.41) is 6.49. The van der Waals surface area contributed by atoms with Gasteiger partial charge in [0.25, 0.3) is 0 Å². The van der Waals surface area contributed by atoms with Crippen LogP contribution in [0.15, 0.2) is 0 Å². The molecule has 1 unspecified atom stereocenters. The molecule has 1 atom stereocenters. The first-order chi connectivity index (χ1) is 11.7. The normalized spacial score (nSPS) is 25.8. The summed E-state index contributed by atoms with van der Waals surface area (Å²) >= 11 is 1.68. The van der Waals surface area contributed by atoms with Crippen molar-refractivity contribution >= 4 is 36.0 Å². The fraction of sp³-hybridized carbons (Fsp3) is 0.882. The lowest BCUT2D eigenvalue weighted by Gasteiger charge is -2.38. The number of thioether (sulfide) groups is 1. The molecule has 2 aliphatic heterocycles. The molecule has 0 aromatic carbocycles. The van der Waals surface area contributed by atoms with Crippen molar-refractivity contribution in [2.45, 2.75) is 38.1 Å². The molecule has 0 radical (unpaired) electrons. The summed E-state index contributed by atoms with van der Waals surface area (Å²) < 4.78 is 5.41. The lowest BCUT2D eigenvalue weighted by atomic mass is 9.79. The molecule has 2 saturated heterocycles. The second kappa shape index (κ2) is 9.44. The Hall–Kier alpha value is -0.500. The molecule has 0 spiro atoms. The summed E-state index contributed by atoms with van der Waals surface area (Å²) in [5.74, 6) is 1.70. The zero-order valence-electron chi connectivity index (χ0n) is 14.9. The van der Waals surface area contributed by atoms with Gasteiger partial charge in [0.05, 0.1) is 12.5 Å². The predicted octanol–water partition coefficient (Wildman–Crippen LogP) is 1.24. The van der Waals surface area contributed by atoms with Crippen molar-refractivity contribution in [2.24, 2.45) is 11.3 Å². The Kier molecular flexibility index (Phi) is 7.86. The summed E-state index contributed by atoms with van der Waals surface area (Å²) in [7, 11) is 1.72. The molecule has 3 rings (SSSR count). The van der Waals surface area contributed by atoms with Crippen LogP contribution in [0.25, 0.3) is 0 Å². The molecule has 0 aromatic heterocycles. The van der Waals surface area contributed by atoms with Gasteiger partial charge in [-0.1, -0.05) is 6.42 Å². The van der Waals surface area contributed by atoms with Gasteiger partial charge in [0.2, 0.25) is 11.8 Å². The maximum Gasteiger partial charge on any atom is 0.243 e. The second-order valence-corrected chi connectivity index (χ2v) is 8.35. The van der Waals surface area contributed by atoms with Gasteiger partial charge >= 0.3 is 0 Å². The number of carbonyl (C=O) groups excluding carboxylic acids is 2. The number of nitrogens with one attached hydrogen (secondary N) is 2. The van der Waals surface area contributed by atoms with Gasteiger partial charge in [-0.3, -0.25) is 9.59 Å².